The van der Waals surface area contributed by atoms with Gasteiger partial charge in [-0.25, -0.2) is 0 Å². The van der Waals surface area contributed by atoms with Crippen molar-refractivity contribution >= 4 is 33.0 Å². The number of hydrogen-bond acceptors (Lipinski definition) is 3. The number of carbonyl (C=O) groups is 1. The van der Waals surface area contributed by atoms with Crippen molar-refractivity contribution in [3.05, 3.63) is 44.4 Å². The Hall–Kier alpha value is -0.870. The number of halogens is 1. The molecule has 0 radical (unpaired) electrons. The molecule has 0 N–H and O–H groups in total. The summed E-state index contributed by atoms with van der Waals surface area (Å²) in [6.45, 7) is 0. The molecule has 3 rings (SSSR count). The van der Waals surface area contributed by atoms with Gasteiger partial charge in [0.15, 0.2) is 10.4 Å². The van der Waals surface area contributed by atoms with Crippen LogP contribution in [0.2, 0.25) is 0 Å². The maximum Gasteiger partial charge on any atom is 0.205 e. The van der Waals surface area contributed by atoms with Crippen molar-refractivity contribution in [3.8, 4) is 0 Å². The molecular weight excluding hydrogens is 300 g/mol. The van der Waals surface area contributed by atoms with Crippen molar-refractivity contribution in [3.63, 3.8) is 0 Å². The lowest BCUT2D eigenvalue weighted by Crippen LogP contribution is -2.16. The summed E-state index contributed by atoms with van der Waals surface area (Å²) in [5.41, 5.74) is 1.21. The topological polar surface area (TPSA) is 30.2 Å². The molecule has 17 heavy (non-hydrogen) atoms. The summed E-state index contributed by atoms with van der Waals surface area (Å²) in [4.78, 5) is 13.7. The van der Waals surface area contributed by atoms with Crippen LogP contribution in [0.5, 0.6) is 0 Å². The zero-order chi connectivity index (χ0) is 11.8. The van der Waals surface area contributed by atoms with Crippen LogP contribution in [-0.2, 0) is 6.42 Å². The van der Waals surface area contributed by atoms with Crippen molar-refractivity contribution < 1.29 is 9.21 Å². The lowest BCUT2D eigenvalue weighted by molar-refractivity contribution is 0.0922. The third kappa shape index (κ3) is 2.00. The SMILES string of the molecule is O=C(c1ccc(Br)o1)C1CCCc2sccc21. The molecule has 1 aliphatic rings. The molecule has 2 nitrogen and oxygen atoms in total. The Balaban J connectivity index is 1.94. The summed E-state index contributed by atoms with van der Waals surface area (Å²) in [6.07, 6.45) is 3.13. The Morgan fingerprint density at radius 2 is 2.29 bits per heavy atom. The Morgan fingerprint density at radius 1 is 1.41 bits per heavy atom. The highest BCUT2D eigenvalue weighted by Crippen LogP contribution is 2.37. The average molecular weight is 311 g/mol. The predicted molar refractivity (Wildman–Crippen MR) is 70.7 cm³/mol. The van der Waals surface area contributed by atoms with E-state index < -0.39 is 0 Å². The van der Waals surface area contributed by atoms with Gasteiger partial charge in [-0.15, -0.1) is 11.3 Å². The van der Waals surface area contributed by atoms with Crippen LogP contribution >= 0.6 is 27.3 Å². The van der Waals surface area contributed by atoms with Crippen LogP contribution in [0.1, 0.15) is 39.8 Å². The van der Waals surface area contributed by atoms with Crippen LogP contribution in [0.15, 0.2) is 32.7 Å². The molecule has 2 aromatic heterocycles. The van der Waals surface area contributed by atoms with E-state index in [1.807, 2.05) is 0 Å². The molecule has 0 bridgehead atoms. The number of furan rings is 1. The molecule has 0 saturated carbocycles. The maximum atomic E-state index is 12.4. The van der Waals surface area contributed by atoms with Gasteiger partial charge in [0.1, 0.15) is 0 Å². The van der Waals surface area contributed by atoms with Gasteiger partial charge in [0.25, 0.3) is 0 Å². The monoisotopic (exact) mass is 310 g/mol. The zero-order valence-corrected chi connectivity index (χ0v) is 11.5. The van der Waals surface area contributed by atoms with Crippen LogP contribution in [0.3, 0.4) is 0 Å². The third-order valence-corrected chi connectivity index (χ3v) is 4.61. The van der Waals surface area contributed by atoms with Gasteiger partial charge in [-0.3, -0.25) is 4.79 Å². The third-order valence-electron chi connectivity index (χ3n) is 3.18. The number of carbonyl (C=O) groups excluding carboxylic acids is 1. The minimum Gasteiger partial charge on any atom is -0.446 e. The van der Waals surface area contributed by atoms with Crippen LogP contribution in [0.4, 0.5) is 0 Å². The molecule has 0 amide bonds. The van der Waals surface area contributed by atoms with E-state index in [9.17, 15) is 4.79 Å². The van der Waals surface area contributed by atoms with Crippen LogP contribution < -0.4 is 0 Å². The van der Waals surface area contributed by atoms with Crippen LogP contribution in [0.25, 0.3) is 0 Å². The number of rotatable bonds is 2. The highest BCUT2D eigenvalue weighted by molar-refractivity contribution is 9.10. The van der Waals surface area contributed by atoms with Gasteiger partial charge >= 0.3 is 0 Å². The highest BCUT2D eigenvalue weighted by Gasteiger charge is 2.29. The smallest absolute Gasteiger partial charge is 0.205 e. The molecule has 1 atom stereocenters. The average Bonchev–Trinajstić information content (AvgIpc) is 2.95. The summed E-state index contributed by atoms with van der Waals surface area (Å²) in [5.74, 6) is 0.555. The fourth-order valence-corrected chi connectivity index (χ4v) is 3.67. The van der Waals surface area contributed by atoms with Gasteiger partial charge in [-0.2, -0.15) is 0 Å². The number of Topliss-reactive ketones (excluding diaryl/α,β-unsaturated/α-hetero) is 1. The largest absolute Gasteiger partial charge is 0.446 e. The Bertz CT molecular complexity index is 555. The van der Waals surface area contributed by atoms with E-state index in [1.54, 1.807) is 23.5 Å². The van der Waals surface area contributed by atoms with Gasteiger partial charge < -0.3 is 4.42 Å². The van der Waals surface area contributed by atoms with Crippen LogP contribution in [-0.4, -0.2) is 5.78 Å². The molecule has 0 aliphatic heterocycles. The summed E-state index contributed by atoms with van der Waals surface area (Å²) >= 11 is 4.99. The second kappa shape index (κ2) is 4.42. The molecule has 1 aliphatic carbocycles. The molecule has 1 unspecified atom stereocenters. The van der Waals surface area contributed by atoms with E-state index in [1.165, 1.54) is 10.4 Å². The van der Waals surface area contributed by atoms with Crippen molar-refractivity contribution in [2.45, 2.75) is 25.2 Å². The van der Waals surface area contributed by atoms with Gasteiger partial charge in [-0.1, -0.05) is 0 Å². The number of ketones is 1. The van der Waals surface area contributed by atoms with E-state index in [0.717, 1.165) is 19.3 Å². The minimum absolute atomic E-state index is 0.0111. The Labute approximate surface area is 112 Å². The quantitative estimate of drug-likeness (QED) is 0.769. The summed E-state index contributed by atoms with van der Waals surface area (Å²) in [6, 6.07) is 5.59. The maximum absolute atomic E-state index is 12.4. The van der Waals surface area contributed by atoms with Crippen molar-refractivity contribution in [1.82, 2.24) is 0 Å². The molecule has 0 spiro atoms. The first kappa shape index (κ1) is 11.2. The first-order chi connectivity index (χ1) is 8.25. The summed E-state index contributed by atoms with van der Waals surface area (Å²) in [7, 11) is 0. The molecule has 0 aromatic carbocycles. The minimum atomic E-state index is -0.0111. The first-order valence-corrected chi connectivity index (χ1v) is 7.29. The van der Waals surface area contributed by atoms with Gasteiger partial charge in [0.2, 0.25) is 5.78 Å². The number of fused-ring (bicyclic) bond motifs is 1. The standard InChI is InChI=1S/C13H11BrO2S/c14-12-5-4-10(16-12)13(15)9-2-1-3-11-8(9)6-7-17-11/h4-7,9H,1-3H2. The van der Waals surface area contributed by atoms with Crippen molar-refractivity contribution in [1.29, 1.82) is 0 Å². The van der Waals surface area contributed by atoms with Crippen molar-refractivity contribution in [2.75, 3.05) is 0 Å². The van der Waals surface area contributed by atoms with E-state index in [4.69, 9.17) is 4.42 Å². The zero-order valence-electron chi connectivity index (χ0n) is 9.11. The number of thiophene rings is 1. The second-order valence-corrected chi connectivity index (χ2v) is 5.99. The Kier molecular flexibility index (Phi) is 2.92. The molecule has 0 fully saturated rings. The second-order valence-electron chi connectivity index (χ2n) is 4.21. The lowest BCUT2D eigenvalue weighted by Gasteiger charge is -2.20. The number of aryl methyl sites for hydroxylation is 1. The first-order valence-electron chi connectivity index (χ1n) is 5.61. The normalized spacial score (nSPS) is 19.0. The summed E-state index contributed by atoms with van der Waals surface area (Å²) < 4.78 is 5.97. The number of hydrogen-bond donors (Lipinski definition) is 0. The molecule has 0 saturated heterocycles. The molecule has 2 heterocycles. The fraction of sp³-hybridized carbons (Fsp3) is 0.308. The Morgan fingerprint density at radius 3 is 3.06 bits per heavy atom. The van der Waals surface area contributed by atoms with Crippen LogP contribution in [0, 0.1) is 0 Å². The molecule has 2 aromatic rings. The van der Waals surface area contributed by atoms with Gasteiger partial charge in [0.05, 0.1) is 5.92 Å². The van der Waals surface area contributed by atoms with Gasteiger partial charge in [0, 0.05) is 4.88 Å². The van der Waals surface area contributed by atoms with Gasteiger partial charge in [-0.05, 0) is 64.3 Å². The summed E-state index contributed by atoms with van der Waals surface area (Å²) in [5, 5.41) is 2.08. The molecule has 4 heteroatoms. The predicted octanol–water partition coefficient (Wildman–Crippen LogP) is 4.41. The lowest BCUT2D eigenvalue weighted by atomic mass is 9.84. The van der Waals surface area contributed by atoms with E-state index >= 15 is 0 Å². The van der Waals surface area contributed by atoms with Crippen molar-refractivity contribution in [2.24, 2.45) is 0 Å². The highest BCUT2D eigenvalue weighted by atomic mass is 79.9. The van der Waals surface area contributed by atoms with E-state index in [-0.39, 0.29) is 11.7 Å². The fourth-order valence-electron chi connectivity index (χ4n) is 2.38. The van der Waals surface area contributed by atoms with E-state index in [2.05, 4.69) is 27.4 Å². The van der Waals surface area contributed by atoms with E-state index in [0.29, 0.717) is 10.4 Å². The molecule has 88 valence electrons. The molecular formula is C13H11BrO2S.